The van der Waals surface area contributed by atoms with E-state index < -0.39 is 0 Å². The fourth-order valence-electron chi connectivity index (χ4n) is 1.29. The van der Waals surface area contributed by atoms with E-state index >= 15 is 0 Å². The van der Waals surface area contributed by atoms with E-state index in [4.69, 9.17) is 6.42 Å². The Balaban J connectivity index is 2.20. The Morgan fingerprint density at radius 3 is 2.94 bits per heavy atom. The summed E-state index contributed by atoms with van der Waals surface area (Å²) in [5, 5.41) is 6.43. The molecule has 86 valence electrons. The van der Waals surface area contributed by atoms with Crippen LogP contribution in [0.5, 0.6) is 0 Å². The van der Waals surface area contributed by atoms with E-state index in [9.17, 15) is 9.59 Å². The summed E-state index contributed by atoms with van der Waals surface area (Å²) in [4.78, 5) is 22.3. The molecule has 0 bridgehead atoms. The van der Waals surface area contributed by atoms with Gasteiger partial charge >= 0.3 is 0 Å². The number of terminal acetylenes is 1. The molecule has 0 fully saturated rings. The van der Waals surface area contributed by atoms with Crippen molar-refractivity contribution in [1.82, 2.24) is 10.7 Å². The number of unbranched alkanes of at least 4 members (excludes halogenated alkanes) is 2. The molecule has 0 saturated carbocycles. The van der Waals surface area contributed by atoms with Crippen LogP contribution in [0.2, 0.25) is 0 Å². The zero-order chi connectivity index (χ0) is 11.8. The third-order valence-electron chi connectivity index (χ3n) is 2.20. The Labute approximate surface area is 94.7 Å². The zero-order valence-electron chi connectivity index (χ0n) is 9.08. The molecule has 0 radical (unpaired) electrons. The molecule has 16 heavy (non-hydrogen) atoms. The SMILES string of the molecule is C#CCCCCNC(=O)C1=NNC(=O)CC1. The van der Waals surface area contributed by atoms with E-state index in [1.165, 1.54) is 0 Å². The van der Waals surface area contributed by atoms with Crippen LogP contribution in [0.25, 0.3) is 0 Å². The molecule has 0 aromatic carbocycles. The lowest BCUT2D eigenvalue weighted by Gasteiger charge is -2.11. The van der Waals surface area contributed by atoms with Gasteiger partial charge in [0.25, 0.3) is 5.91 Å². The minimum absolute atomic E-state index is 0.148. The summed E-state index contributed by atoms with van der Waals surface area (Å²) in [5.41, 5.74) is 2.67. The molecule has 0 saturated heterocycles. The number of hydrazone groups is 1. The van der Waals surface area contributed by atoms with Crippen molar-refractivity contribution in [2.45, 2.75) is 32.1 Å². The van der Waals surface area contributed by atoms with Gasteiger partial charge in [-0.3, -0.25) is 9.59 Å². The highest BCUT2D eigenvalue weighted by Gasteiger charge is 2.17. The largest absolute Gasteiger partial charge is 0.351 e. The molecule has 0 aromatic rings. The molecule has 1 rings (SSSR count). The molecule has 0 atom stereocenters. The van der Waals surface area contributed by atoms with E-state index in [2.05, 4.69) is 21.8 Å². The lowest BCUT2D eigenvalue weighted by molar-refractivity contribution is -0.121. The first kappa shape index (κ1) is 12.2. The topological polar surface area (TPSA) is 70.6 Å². The molecule has 1 aliphatic rings. The van der Waals surface area contributed by atoms with Crippen molar-refractivity contribution in [2.24, 2.45) is 5.10 Å². The Morgan fingerprint density at radius 1 is 1.50 bits per heavy atom. The second kappa shape index (κ2) is 6.62. The Kier molecular flexibility index (Phi) is 5.06. The Morgan fingerprint density at radius 2 is 2.31 bits per heavy atom. The molecule has 0 spiro atoms. The first-order valence-corrected chi connectivity index (χ1v) is 5.31. The molecular formula is C11H15N3O2. The molecule has 1 heterocycles. The Bertz CT molecular complexity index is 342. The van der Waals surface area contributed by atoms with Crippen LogP contribution in [-0.4, -0.2) is 24.1 Å². The maximum absolute atomic E-state index is 11.5. The highest BCUT2D eigenvalue weighted by Crippen LogP contribution is 1.99. The smallest absolute Gasteiger partial charge is 0.267 e. The van der Waals surface area contributed by atoms with Crippen LogP contribution in [0.1, 0.15) is 32.1 Å². The molecular weight excluding hydrogens is 206 g/mol. The summed E-state index contributed by atoms with van der Waals surface area (Å²) >= 11 is 0. The van der Waals surface area contributed by atoms with Crippen molar-refractivity contribution in [2.75, 3.05) is 6.54 Å². The zero-order valence-corrected chi connectivity index (χ0v) is 9.08. The molecule has 2 amide bonds. The van der Waals surface area contributed by atoms with Gasteiger partial charge in [-0.05, 0) is 12.8 Å². The number of carbonyl (C=O) groups excluding carboxylic acids is 2. The third kappa shape index (κ3) is 4.13. The van der Waals surface area contributed by atoms with Gasteiger partial charge in [0.05, 0.1) is 0 Å². The maximum atomic E-state index is 11.5. The molecule has 5 nitrogen and oxygen atoms in total. The molecule has 0 aliphatic carbocycles. The summed E-state index contributed by atoms with van der Waals surface area (Å²) < 4.78 is 0. The molecule has 5 heteroatoms. The Hall–Kier alpha value is -1.83. The summed E-state index contributed by atoms with van der Waals surface area (Å²) in [6.45, 7) is 0.591. The van der Waals surface area contributed by atoms with Gasteiger partial charge in [0.15, 0.2) is 0 Å². The average Bonchev–Trinajstić information content (AvgIpc) is 2.29. The van der Waals surface area contributed by atoms with Crippen molar-refractivity contribution in [1.29, 1.82) is 0 Å². The maximum Gasteiger partial charge on any atom is 0.267 e. The first-order chi connectivity index (χ1) is 7.74. The summed E-state index contributed by atoms with van der Waals surface area (Å²) in [6.07, 6.45) is 8.32. The van der Waals surface area contributed by atoms with Crippen LogP contribution in [0.3, 0.4) is 0 Å². The highest BCUT2D eigenvalue weighted by molar-refractivity contribution is 6.39. The van der Waals surface area contributed by atoms with Crippen molar-refractivity contribution < 1.29 is 9.59 Å². The second-order valence-corrected chi connectivity index (χ2v) is 3.51. The molecule has 2 N–H and O–H groups in total. The molecule has 0 unspecified atom stereocenters. The van der Waals surface area contributed by atoms with Crippen molar-refractivity contribution in [3.63, 3.8) is 0 Å². The van der Waals surface area contributed by atoms with E-state index in [-0.39, 0.29) is 11.8 Å². The van der Waals surface area contributed by atoms with Crippen LogP contribution < -0.4 is 10.7 Å². The molecule has 0 aromatic heterocycles. The highest BCUT2D eigenvalue weighted by atomic mass is 16.2. The normalized spacial score (nSPS) is 14.7. The van der Waals surface area contributed by atoms with Gasteiger partial charge in [0.2, 0.25) is 5.91 Å². The van der Waals surface area contributed by atoms with Gasteiger partial charge in [0.1, 0.15) is 5.71 Å². The number of amides is 2. The number of carbonyl (C=O) groups is 2. The van der Waals surface area contributed by atoms with Crippen molar-refractivity contribution >= 4 is 17.5 Å². The van der Waals surface area contributed by atoms with Gasteiger partial charge in [-0.1, -0.05) is 0 Å². The number of nitrogens with one attached hydrogen (secondary N) is 2. The standard InChI is InChI=1S/C11H15N3O2/c1-2-3-4-5-8-12-11(16)9-6-7-10(15)14-13-9/h1H,3-8H2,(H,12,16)(H,14,15). The fraction of sp³-hybridized carbons (Fsp3) is 0.545. The van der Waals surface area contributed by atoms with Crippen LogP contribution >= 0.6 is 0 Å². The number of rotatable bonds is 5. The van der Waals surface area contributed by atoms with Gasteiger partial charge < -0.3 is 5.32 Å². The van der Waals surface area contributed by atoms with Crippen LogP contribution in [-0.2, 0) is 9.59 Å². The summed E-state index contributed by atoms with van der Waals surface area (Å²) in [6, 6.07) is 0. The average molecular weight is 221 g/mol. The van der Waals surface area contributed by atoms with E-state index in [1.807, 2.05) is 0 Å². The third-order valence-corrected chi connectivity index (χ3v) is 2.20. The minimum atomic E-state index is -0.208. The van der Waals surface area contributed by atoms with Gasteiger partial charge in [0, 0.05) is 25.8 Å². The minimum Gasteiger partial charge on any atom is -0.351 e. The monoisotopic (exact) mass is 221 g/mol. The van der Waals surface area contributed by atoms with Crippen LogP contribution in [0.15, 0.2) is 5.10 Å². The lowest BCUT2D eigenvalue weighted by Crippen LogP contribution is -2.37. The van der Waals surface area contributed by atoms with E-state index in [1.54, 1.807) is 0 Å². The summed E-state index contributed by atoms with van der Waals surface area (Å²) in [5.74, 6) is 2.18. The van der Waals surface area contributed by atoms with Crippen LogP contribution in [0.4, 0.5) is 0 Å². The number of hydrogen-bond donors (Lipinski definition) is 2. The second-order valence-electron chi connectivity index (χ2n) is 3.51. The van der Waals surface area contributed by atoms with Gasteiger partial charge in [-0.25, -0.2) is 5.43 Å². The van der Waals surface area contributed by atoms with Gasteiger partial charge in [-0.2, -0.15) is 5.10 Å². The fourth-order valence-corrected chi connectivity index (χ4v) is 1.29. The van der Waals surface area contributed by atoms with Crippen molar-refractivity contribution in [3.8, 4) is 12.3 Å². The van der Waals surface area contributed by atoms with E-state index in [0.29, 0.717) is 25.1 Å². The summed E-state index contributed by atoms with van der Waals surface area (Å²) in [7, 11) is 0. The van der Waals surface area contributed by atoms with Gasteiger partial charge in [-0.15, -0.1) is 12.3 Å². The number of hydrogen-bond acceptors (Lipinski definition) is 3. The quantitative estimate of drug-likeness (QED) is 0.513. The number of nitrogens with zero attached hydrogens (tertiary/aromatic N) is 1. The predicted octanol–water partition coefficient (Wildman–Crippen LogP) is 0.172. The van der Waals surface area contributed by atoms with Crippen molar-refractivity contribution in [3.05, 3.63) is 0 Å². The lowest BCUT2D eigenvalue weighted by atomic mass is 10.1. The first-order valence-electron chi connectivity index (χ1n) is 5.31. The predicted molar refractivity (Wildman–Crippen MR) is 60.5 cm³/mol. The van der Waals surface area contributed by atoms with Crippen LogP contribution in [0, 0.1) is 12.3 Å². The molecule has 1 aliphatic heterocycles. The van der Waals surface area contributed by atoms with E-state index in [0.717, 1.165) is 19.3 Å².